The molecule has 0 saturated carbocycles. The highest BCUT2D eigenvalue weighted by atomic mass is 35.5. The summed E-state index contributed by atoms with van der Waals surface area (Å²) in [5.74, 6) is 0.0240. The van der Waals surface area contributed by atoms with Crippen molar-refractivity contribution in [1.29, 1.82) is 0 Å². The highest BCUT2D eigenvalue weighted by Gasteiger charge is 2.10. The maximum Gasteiger partial charge on any atom is 0.251 e. The van der Waals surface area contributed by atoms with Gasteiger partial charge in [0.25, 0.3) is 5.91 Å². The highest BCUT2D eigenvalue weighted by Crippen LogP contribution is 2.14. The zero-order chi connectivity index (χ0) is 12.8. The topological polar surface area (TPSA) is 51.2 Å². The van der Waals surface area contributed by atoms with Gasteiger partial charge < -0.3 is 10.1 Å². The van der Waals surface area contributed by atoms with Crippen molar-refractivity contribution in [2.24, 2.45) is 5.92 Å². The summed E-state index contributed by atoms with van der Waals surface area (Å²) in [6.07, 6.45) is 0. The number of pyridine rings is 1. The number of carbonyl (C=O) groups excluding carboxylic acids is 1. The summed E-state index contributed by atoms with van der Waals surface area (Å²) in [7, 11) is 1.63. The molecule has 0 radical (unpaired) electrons. The van der Waals surface area contributed by atoms with E-state index in [1.54, 1.807) is 7.11 Å². The zero-order valence-corrected chi connectivity index (χ0v) is 11.2. The van der Waals surface area contributed by atoms with Crippen LogP contribution in [0.25, 0.3) is 0 Å². The largest absolute Gasteiger partial charge is 0.384 e. The molecule has 1 atom stereocenters. The SMILES string of the molecule is COCC(C)CNC(=O)c1cc(Cl)nc(Cl)c1. The van der Waals surface area contributed by atoms with Crippen LogP contribution < -0.4 is 5.32 Å². The molecule has 94 valence electrons. The molecule has 1 unspecified atom stereocenters. The second kappa shape index (κ2) is 6.79. The molecule has 0 bridgehead atoms. The molecule has 1 N–H and O–H groups in total. The Balaban J connectivity index is 2.58. The Morgan fingerprint density at radius 1 is 1.47 bits per heavy atom. The summed E-state index contributed by atoms with van der Waals surface area (Å²) in [5, 5.41) is 3.18. The predicted molar refractivity (Wildman–Crippen MR) is 67.6 cm³/mol. The maximum absolute atomic E-state index is 11.8. The van der Waals surface area contributed by atoms with Crippen molar-refractivity contribution in [3.05, 3.63) is 28.0 Å². The number of aromatic nitrogens is 1. The molecule has 4 nitrogen and oxygen atoms in total. The van der Waals surface area contributed by atoms with E-state index >= 15 is 0 Å². The van der Waals surface area contributed by atoms with E-state index in [1.165, 1.54) is 12.1 Å². The van der Waals surface area contributed by atoms with Crippen LogP contribution in [0.1, 0.15) is 17.3 Å². The number of methoxy groups -OCH3 is 1. The summed E-state index contributed by atoms with van der Waals surface area (Å²) in [4.78, 5) is 15.5. The van der Waals surface area contributed by atoms with Crippen molar-refractivity contribution in [3.63, 3.8) is 0 Å². The van der Waals surface area contributed by atoms with Gasteiger partial charge in [-0.2, -0.15) is 0 Å². The summed E-state index contributed by atoms with van der Waals surface area (Å²) >= 11 is 11.4. The van der Waals surface area contributed by atoms with Gasteiger partial charge in [0.05, 0.1) is 6.61 Å². The first-order valence-corrected chi connectivity index (χ1v) is 5.88. The Morgan fingerprint density at radius 3 is 2.59 bits per heavy atom. The van der Waals surface area contributed by atoms with E-state index in [0.29, 0.717) is 18.7 Å². The lowest BCUT2D eigenvalue weighted by Gasteiger charge is -2.11. The van der Waals surface area contributed by atoms with Gasteiger partial charge in [-0.25, -0.2) is 4.98 Å². The molecule has 17 heavy (non-hydrogen) atoms. The average molecular weight is 277 g/mol. The Morgan fingerprint density at radius 2 is 2.06 bits per heavy atom. The summed E-state index contributed by atoms with van der Waals surface area (Å²) < 4.78 is 4.98. The summed E-state index contributed by atoms with van der Waals surface area (Å²) in [5.41, 5.74) is 0.402. The molecule has 0 aliphatic carbocycles. The number of amides is 1. The summed E-state index contributed by atoms with van der Waals surface area (Å²) in [6, 6.07) is 2.95. The number of nitrogens with one attached hydrogen (secondary N) is 1. The van der Waals surface area contributed by atoms with Gasteiger partial charge in [0, 0.05) is 19.2 Å². The van der Waals surface area contributed by atoms with Crippen LogP contribution in [-0.2, 0) is 4.74 Å². The molecule has 1 aromatic rings. The minimum atomic E-state index is -0.223. The fourth-order valence-electron chi connectivity index (χ4n) is 1.31. The van der Waals surface area contributed by atoms with E-state index in [9.17, 15) is 4.79 Å². The van der Waals surface area contributed by atoms with E-state index in [2.05, 4.69) is 10.3 Å². The number of ether oxygens (including phenoxy) is 1. The Bertz CT molecular complexity index is 379. The fourth-order valence-corrected chi connectivity index (χ4v) is 1.77. The molecule has 0 aromatic carbocycles. The first-order valence-electron chi connectivity index (χ1n) is 5.13. The third-order valence-electron chi connectivity index (χ3n) is 2.09. The fraction of sp³-hybridized carbons (Fsp3) is 0.455. The van der Waals surface area contributed by atoms with Crippen LogP contribution in [0.15, 0.2) is 12.1 Å². The Kier molecular flexibility index (Phi) is 5.68. The van der Waals surface area contributed by atoms with Crippen molar-refractivity contribution >= 4 is 29.1 Å². The van der Waals surface area contributed by atoms with Gasteiger partial charge in [-0.05, 0) is 18.1 Å². The molecule has 1 rings (SSSR count). The number of carbonyl (C=O) groups is 1. The highest BCUT2D eigenvalue weighted by molar-refractivity contribution is 6.33. The molecule has 1 aromatic heterocycles. The predicted octanol–water partition coefficient (Wildman–Crippen LogP) is 2.40. The second-order valence-corrected chi connectivity index (χ2v) is 4.55. The third-order valence-corrected chi connectivity index (χ3v) is 2.47. The van der Waals surface area contributed by atoms with Crippen LogP contribution in [-0.4, -0.2) is 31.2 Å². The number of nitrogens with zero attached hydrogens (tertiary/aromatic N) is 1. The van der Waals surface area contributed by atoms with Crippen LogP contribution in [0.4, 0.5) is 0 Å². The molecule has 1 heterocycles. The van der Waals surface area contributed by atoms with Crippen molar-refractivity contribution in [2.75, 3.05) is 20.3 Å². The van der Waals surface area contributed by atoms with E-state index in [1.807, 2.05) is 6.92 Å². The van der Waals surface area contributed by atoms with Gasteiger partial charge in [0.15, 0.2) is 0 Å². The minimum absolute atomic E-state index is 0.201. The van der Waals surface area contributed by atoms with Crippen molar-refractivity contribution in [1.82, 2.24) is 10.3 Å². The molecule has 0 fully saturated rings. The van der Waals surface area contributed by atoms with Crippen molar-refractivity contribution in [2.45, 2.75) is 6.92 Å². The maximum atomic E-state index is 11.8. The van der Waals surface area contributed by atoms with Gasteiger partial charge in [-0.15, -0.1) is 0 Å². The molecule has 0 saturated heterocycles. The molecular weight excluding hydrogens is 263 g/mol. The van der Waals surface area contributed by atoms with Gasteiger partial charge >= 0.3 is 0 Å². The molecule has 0 spiro atoms. The lowest BCUT2D eigenvalue weighted by molar-refractivity contribution is 0.0934. The van der Waals surface area contributed by atoms with Gasteiger partial charge in [0.1, 0.15) is 10.3 Å². The number of hydrogen-bond acceptors (Lipinski definition) is 3. The van der Waals surface area contributed by atoms with Crippen LogP contribution in [0.3, 0.4) is 0 Å². The average Bonchev–Trinajstić information content (AvgIpc) is 2.25. The molecule has 1 amide bonds. The van der Waals surface area contributed by atoms with E-state index in [0.717, 1.165) is 0 Å². The zero-order valence-electron chi connectivity index (χ0n) is 9.67. The van der Waals surface area contributed by atoms with Crippen LogP contribution >= 0.6 is 23.2 Å². The normalized spacial score (nSPS) is 12.2. The third kappa shape index (κ3) is 4.89. The van der Waals surface area contributed by atoms with Crippen LogP contribution in [0.2, 0.25) is 10.3 Å². The van der Waals surface area contributed by atoms with E-state index in [4.69, 9.17) is 27.9 Å². The van der Waals surface area contributed by atoms with Crippen molar-refractivity contribution < 1.29 is 9.53 Å². The quantitative estimate of drug-likeness (QED) is 0.841. The first-order chi connectivity index (χ1) is 8.02. The van der Waals surface area contributed by atoms with Crippen LogP contribution in [0, 0.1) is 5.92 Å². The number of hydrogen-bond donors (Lipinski definition) is 1. The van der Waals surface area contributed by atoms with Crippen molar-refractivity contribution in [3.8, 4) is 0 Å². The first kappa shape index (κ1) is 14.2. The number of halogens is 2. The Labute approximate surface area is 110 Å². The smallest absolute Gasteiger partial charge is 0.251 e. The van der Waals surface area contributed by atoms with Crippen LogP contribution in [0.5, 0.6) is 0 Å². The molecule has 0 aliphatic heterocycles. The van der Waals surface area contributed by atoms with Gasteiger partial charge in [-0.3, -0.25) is 4.79 Å². The molecule has 6 heteroatoms. The van der Waals surface area contributed by atoms with Gasteiger partial charge in [0.2, 0.25) is 0 Å². The second-order valence-electron chi connectivity index (χ2n) is 3.77. The minimum Gasteiger partial charge on any atom is -0.384 e. The van der Waals surface area contributed by atoms with E-state index in [-0.39, 0.29) is 22.1 Å². The lowest BCUT2D eigenvalue weighted by atomic mass is 10.2. The Hall–Kier alpha value is -0.840. The standard InChI is InChI=1S/C11H14Cl2N2O2/c1-7(6-17-2)5-14-11(16)8-3-9(12)15-10(13)4-8/h3-4,7H,5-6H2,1-2H3,(H,14,16). The number of rotatable bonds is 5. The van der Waals surface area contributed by atoms with E-state index < -0.39 is 0 Å². The molecule has 0 aliphatic rings. The van der Waals surface area contributed by atoms with Gasteiger partial charge in [-0.1, -0.05) is 30.1 Å². The monoisotopic (exact) mass is 276 g/mol. The lowest BCUT2D eigenvalue weighted by Crippen LogP contribution is -2.29. The molecular formula is C11H14Cl2N2O2. The summed E-state index contributed by atoms with van der Waals surface area (Å²) in [6.45, 7) is 3.11.